The molecule has 0 aliphatic rings. The van der Waals surface area contributed by atoms with Crippen molar-refractivity contribution in [1.82, 2.24) is 14.8 Å². The van der Waals surface area contributed by atoms with E-state index < -0.39 is 0 Å². The predicted molar refractivity (Wildman–Crippen MR) is 78.3 cm³/mol. The van der Waals surface area contributed by atoms with Crippen molar-refractivity contribution in [1.29, 1.82) is 0 Å². The van der Waals surface area contributed by atoms with Crippen LogP contribution in [0.3, 0.4) is 0 Å². The third-order valence-electron chi connectivity index (χ3n) is 3.63. The van der Waals surface area contributed by atoms with E-state index in [9.17, 15) is 0 Å². The van der Waals surface area contributed by atoms with Gasteiger partial charge in [0, 0.05) is 25.1 Å². The summed E-state index contributed by atoms with van der Waals surface area (Å²) in [5, 5.41) is 4.23. The van der Waals surface area contributed by atoms with Gasteiger partial charge in [-0.3, -0.25) is 9.67 Å². The summed E-state index contributed by atoms with van der Waals surface area (Å²) in [6, 6.07) is 4.35. The molecule has 2 aromatic heterocycles. The highest BCUT2D eigenvalue weighted by molar-refractivity contribution is 5.20. The summed E-state index contributed by atoms with van der Waals surface area (Å²) in [5.74, 6) is 1.09. The van der Waals surface area contributed by atoms with Gasteiger partial charge in [0.2, 0.25) is 0 Å². The van der Waals surface area contributed by atoms with Crippen LogP contribution in [-0.2, 0) is 13.5 Å². The zero-order valence-corrected chi connectivity index (χ0v) is 12.3. The van der Waals surface area contributed by atoms with Crippen LogP contribution in [0.5, 0.6) is 0 Å². The molecule has 2 heterocycles. The molecule has 0 amide bonds. The SMILES string of the molecule is CC(C)c1ccnc(CCC(C)c2cnn(C)c2)c1. The maximum atomic E-state index is 4.47. The highest BCUT2D eigenvalue weighted by atomic mass is 15.2. The summed E-state index contributed by atoms with van der Waals surface area (Å²) < 4.78 is 1.86. The summed E-state index contributed by atoms with van der Waals surface area (Å²) >= 11 is 0. The minimum atomic E-state index is 0.526. The zero-order valence-electron chi connectivity index (χ0n) is 12.3. The van der Waals surface area contributed by atoms with Crippen molar-refractivity contribution in [3.05, 3.63) is 47.5 Å². The molecule has 2 rings (SSSR count). The van der Waals surface area contributed by atoms with Gasteiger partial charge in [-0.15, -0.1) is 0 Å². The quantitative estimate of drug-likeness (QED) is 0.818. The molecule has 1 atom stereocenters. The zero-order chi connectivity index (χ0) is 13.8. The Morgan fingerprint density at radius 1 is 1.21 bits per heavy atom. The number of hydrogen-bond acceptors (Lipinski definition) is 2. The first-order chi connectivity index (χ1) is 9.06. The standard InChI is InChI=1S/C16H23N3/c1-12(2)14-7-8-17-16(9-14)6-5-13(3)15-10-18-19(4)11-15/h7-13H,5-6H2,1-4H3. The highest BCUT2D eigenvalue weighted by Crippen LogP contribution is 2.21. The lowest BCUT2D eigenvalue weighted by atomic mass is 9.97. The molecule has 19 heavy (non-hydrogen) atoms. The van der Waals surface area contributed by atoms with Gasteiger partial charge in [-0.25, -0.2) is 0 Å². The molecule has 3 nitrogen and oxygen atoms in total. The van der Waals surface area contributed by atoms with Gasteiger partial charge in [0.15, 0.2) is 0 Å². The Labute approximate surface area is 115 Å². The lowest BCUT2D eigenvalue weighted by Gasteiger charge is -2.10. The fourth-order valence-electron chi connectivity index (χ4n) is 2.22. The Morgan fingerprint density at radius 2 is 2.00 bits per heavy atom. The van der Waals surface area contributed by atoms with Crippen molar-refractivity contribution in [3.63, 3.8) is 0 Å². The largest absolute Gasteiger partial charge is 0.276 e. The van der Waals surface area contributed by atoms with Gasteiger partial charge in [0.05, 0.1) is 6.20 Å². The van der Waals surface area contributed by atoms with Crippen molar-refractivity contribution in [2.24, 2.45) is 7.05 Å². The van der Waals surface area contributed by atoms with Gasteiger partial charge in [0.25, 0.3) is 0 Å². The van der Waals surface area contributed by atoms with E-state index in [1.807, 2.05) is 24.1 Å². The first kappa shape index (κ1) is 13.8. The maximum absolute atomic E-state index is 4.47. The van der Waals surface area contributed by atoms with Crippen LogP contribution >= 0.6 is 0 Å². The first-order valence-electron chi connectivity index (χ1n) is 6.99. The second-order valence-electron chi connectivity index (χ2n) is 5.62. The molecule has 0 spiro atoms. The molecule has 3 heteroatoms. The number of aryl methyl sites for hydroxylation is 2. The summed E-state index contributed by atoms with van der Waals surface area (Å²) in [5.41, 5.74) is 3.88. The van der Waals surface area contributed by atoms with Crippen LogP contribution < -0.4 is 0 Å². The fourth-order valence-corrected chi connectivity index (χ4v) is 2.22. The van der Waals surface area contributed by atoms with Gasteiger partial charge in [-0.1, -0.05) is 20.8 Å². The Morgan fingerprint density at radius 3 is 2.63 bits per heavy atom. The lowest BCUT2D eigenvalue weighted by Crippen LogP contribution is -1.99. The third-order valence-corrected chi connectivity index (χ3v) is 3.63. The van der Waals surface area contributed by atoms with E-state index in [0.717, 1.165) is 12.8 Å². The smallest absolute Gasteiger partial charge is 0.0524 e. The molecular weight excluding hydrogens is 234 g/mol. The molecule has 0 fully saturated rings. The predicted octanol–water partition coefficient (Wildman–Crippen LogP) is 3.67. The number of nitrogens with zero attached hydrogens (tertiary/aromatic N) is 3. The van der Waals surface area contributed by atoms with Crippen molar-refractivity contribution >= 4 is 0 Å². The van der Waals surface area contributed by atoms with Crippen molar-refractivity contribution in [2.75, 3.05) is 0 Å². The number of pyridine rings is 1. The average Bonchev–Trinajstić information content (AvgIpc) is 2.83. The summed E-state index contributed by atoms with van der Waals surface area (Å²) in [7, 11) is 1.96. The molecule has 1 unspecified atom stereocenters. The second-order valence-corrected chi connectivity index (χ2v) is 5.62. The Kier molecular flexibility index (Phi) is 4.35. The highest BCUT2D eigenvalue weighted by Gasteiger charge is 2.09. The van der Waals surface area contributed by atoms with Gasteiger partial charge in [-0.2, -0.15) is 5.10 Å². The van der Waals surface area contributed by atoms with E-state index >= 15 is 0 Å². The van der Waals surface area contributed by atoms with Gasteiger partial charge in [-0.05, 0) is 47.9 Å². The van der Waals surface area contributed by atoms with Gasteiger partial charge in [0.1, 0.15) is 0 Å². The Bertz CT molecular complexity index is 528. The minimum absolute atomic E-state index is 0.526. The molecule has 0 aromatic carbocycles. The molecule has 0 aliphatic carbocycles. The monoisotopic (exact) mass is 257 g/mol. The normalized spacial score (nSPS) is 12.9. The fraction of sp³-hybridized carbons (Fsp3) is 0.500. The van der Waals surface area contributed by atoms with Crippen LogP contribution in [0.15, 0.2) is 30.7 Å². The van der Waals surface area contributed by atoms with E-state index in [4.69, 9.17) is 0 Å². The van der Waals surface area contributed by atoms with E-state index in [-0.39, 0.29) is 0 Å². The van der Waals surface area contributed by atoms with Crippen molar-refractivity contribution < 1.29 is 0 Å². The molecule has 0 bridgehead atoms. The third kappa shape index (κ3) is 3.66. The molecule has 0 aliphatic heterocycles. The van der Waals surface area contributed by atoms with Gasteiger partial charge >= 0.3 is 0 Å². The van der Waals surface area contributed by atoms with E-state index in [0.29, 0.717) is 11.8 Å². The first-order valence-corrected chi connectivity index (χ1v) is 6.99. The van der Waals surface area contributed by atoms with Crippen LogP contribution in [0.4, 0.5) is 0 Å². The summed E-state index contributed by atoms with van der Waals surface area (Å²) in [6.45, 7) is 6.69. The van der Waals surface area contributed by atoms with Crippen molar-refractivity contribution in [3.8, 4) is 0 Å². The summed E-state index contributed by atoms with van der Waals surface area (Å²) in [6.07, 6.45) is 8.13. The molecule has 102 valence electrons. The molecule has 0 radical (unpaired) electrons. The van der Waals surface area contributed by atoms with E-state index in [1.54, 1.807) is 0 Å². The van der Waals surface area contributed by atoms with Gasteiger partial charge < -0.3 is 0 Å². The number of rotatable bonds is 5. The molecule has 0 saturated carbocycles. The second kappa shape index (κ2) is 6.00. The Hall–Kier alpha value is -1.64. The minimum Gasteiger partial charge on any atom is -0.276 e. The van der Waals surface area contributed by atoms with Crippen LogP contribution in [-0.4, -0.2) is 14.8 Å². The molecular formula is C16H23N3. The van der Waals surface area contributed by atoms with Crippen LogP contribution in [0.2, 0.25) is 0 Å². The van der Waals surface area contributed by atoms with Crippen LogP contribution in [0.25, 0.3) is 0 Å². The maximum Gasteiger partial charge on any atom is 0.0524 e. The van der Waals surface area contributed by atoms with Crippen LogP contribution in [0, 0.1) is 0 Å². The average molecular weight is 257 g/mol. The Balaban J connectivity index is 1.96. The molecule has 0 N–H and O–H groups in total. The van der Waals surface area contributed by atoms with Crippen molar-refractivity contribution in [2.45, 2.75) is 45.4 Å². The molecule has 0 saturated heterocycles. The van der Waals surface area contributed by atoms with Crippen LogP contribution in [0.1, 0.15) is 55.8 Å². The lowest BCUT2D eigenvalue weighted by molar-refractivity contribution is 0.667. The topological polar surface area (TPSA) is 30.7 Å². The number of hydrogen-bond donors (Lipinski definition) is 0. The summed E-state index contributed by atoms with van der Waals surface area (Å²) in [4.78, 5) is 4.47. The molecule has 2 aromatic rings. The number of aromatic nitrogens is 3. The van der Waals surface area contributed by atoms with E-state index in [2.05, 4.69) is 49.2 Å². The van der Waals surface area contributed by atoms with E-state index in [1.165, 1.54) is 16.8 Å².